The van der Waals surface area contributed by atoms with Crippen LogP contribution in [0.3, 0.4) is 0 Å². The van der Waals surface area contributed by atoms with Gasteiger partial charge in [-0.05, 0) is 62.7 Å². The highest BCUT2D eigenvalue weighted by molar-refractivity contribution is 6.00. The number of rotatable bonds is 9. The Hall–Kier alpha value is -3.43. The summed E-state index contributed by atoms with van der Waals surface area (Å²) in [5.41, 5.74) is 2.16. The number of ether oxygens (including phenoxy) is 1. The first kappa shape index (κ1) is 29.6. The second-order valence-electron chi connectivity index (χ2n) is 11.4. The predicted molar refractivity (Wildman–Crippen MR) is 153 cm³/mol. The zero-order chi connectivity index (χ0) is 28.8. The van der Waals surface area contributed by atoms with E-state index in [1.54, 1.807) is 35.2 Å². The lowest BCUT2D eigenvalue weighted by Gasteiger charge is -2.38. The molecule has 2 aliphatic rings. The number of nitrogens with one attached hydrogen (secondary N) is 1. The Labute approximate surface area is 236 Å². The van der Waals surface area contributed by atoms with Crippen LogP contribution in [0.4, 0.5) is 5.69 Å². The Morgan fingerprint density at radius 1 is 1.12 bits per heavy atom. The SMILES string of the molecule is C[C@@H]1CN([C@@H](C)CO)C(=O)c2cc(NC(=O)C3CCCCC3)ccc2O[C@H]1CN(C)Cc1ccc(C(=O)O)cc1. The fourth-order valence-electron chi connectivity index (χ4n) is 5.56. The normalized spacial score (nSPS) is 20.7. The van der Waals surface area contributed by atoms with Gasteiger partial charge in [-0.25, -0.2) is 4.79 Å². The molecule has 3 N–H and O–H groups in total. The van der Waals surface area contributed by atoms with E-state index in [9.17, 15) is 19.5 Å². The summed E-state index contributed by atoms with van der Waals surface area (Å²) < 4.78 is 6.47. The summed E-state index contributed by atoms with van der Waals surface area (Å²) in [6, 6.07) is 11.7. The first-order chi connectivity index (χ1) is 19.2. The summed E-state index contributed by atoms with van der Waals surface area (Å²) in [6.45, 7) is 5.27. The Bertz CT molecular complexity index is 1190. The van der Waals surface area contributed by atoms with Crippen molar-refractivity contribution >= 4 is 23.5 Å². The summed E-state index contributed by atoms with van der Waals surface area (Å²) >= 11 is 0. The highest BCUT2D eigenvalue weighted by atomic mass is 16.5. The summed E-state index contributed by atoms with van der Waals surface area (Å²) in [6.07, 6.45) is 4.80. The molecule has 216 valence electrons. The number of carboxylic acid groups (broad SMARTS) is 1. The van der Waals surface area contributed by atoms with Crippen molar-refractivity contribution in [3.8, 4) is 5.75 Å². The molecule has 0 radical (unpaired) electrons. The van der Waals surface area contributed by atoms with Gasteiger partial charge in [-0.15, -0.1) is 0 Å². The summed E-state index contributed by atoms with van der Waals surface area (Å²) in [7, 11) is 1.98. The van der Waals surface area contributed by atoms with E-state index in [-0.39, 0.29) is 48.0 Å². The number of hydrogen-bond acceptors (Lipinski definition) is 6. The molecule has 2 aromatic rings. The van der Waals surface area contributed by atoms with Gasteiger partial charge in [0.1, 0.15) is 11.9 Å². The number of aromatic carboxylic acids is 1. The number of benzene rings is 2. The standard InChI is InChI=1S/C31H41N3O6/c1-20-16-34(21(2)19-35)30(37)26-15-25(32-29(36)23-7-5-4-6-8-23)13-14-27(26)40-28(20)18-33(3)17-22-9-11-24(12-10-22)31(38)39/h9-15,20-21,23,28,35H,4-8,16-19H2,1-3H3,(H,32,36)(H,38,39)/t20-,21+,28+/m1/s1. The van der Waals surface area contributed by atoms with Gasteiger partial charge in [-0.2, -0.15) is 0 Å². The van der Waals surface area contributed by atoms with Gasteiger partial charge in [0.05, 0.1) is 23.8 Å². The number of amides is 2. The van der Waals surface area contributed by atoms with Crippen LogP contribution < -0.4 is 10.1 Å². The van der Waals surface area contributed by atoms with E-state index in [0.29, 0.717) is 36.6 Å². The molecule has 1 fully saturated rings. The van der Waals surface area contributed by atoms with Crippen molar-refractivity contribution in [2.75, 3.05) is 32.1 Å². The second kappa shape index (κ2) is 13.3. The molecule has 0 saturated heterocycles. The van der Waals surface area contributed by atoms with E-state index in [0.717, 1.165) is 31.2 Å². The Balaban J connectivity index is 1.54. The van der Waals surface area contributed by atoms with E-state index in [1.807, 2.05) is 33.0 Å². The van der Waals surface area contributed by atoms with Crippen LogP contribution in [0.1, 0.15) is 72.2 Å². The first-order valence-electron chi connectivity index (χ1n) is 14.2. The number of aliphatic hydroxyl groups excluding tert-OH is 1. The van der Waals surface area contributed by atoms with Crippen molar-refractivity contribution in [1.29, 1.82) is 0 Å². The van der Waals surface area contributed by atoms with Gasteiger partial charge in [-0.3, -0.25) is 14.5 Å². The molecule has 40 heavy (non-hydrogen) atoms. The third-order valence-corrected chi connectivity index (χ3v) is 8.05. The van der Waals surface area contributed by atoms with Crippen molar-refractivity contribution in [2.24, 2.45) is 11.8 Å². The van der Waals surface area contributed by atoms with Crippen LogP contribution in [-0.2, 0) is 11.3 Å². The van der Waals surface area contributed by atoms with Crippen LogP contribution in [-0.4, -0.2) is 76.7 Å². The van der Waals surface area contributed by atoms with E-state index >= 15 is 0 Å². The minimum Gasteiger partial charge on any atom is -0.488 e. The highest BCUT2D eigenvalue weighted by Crippen LogP contribution is 2.32. The largest absolute Gasteiger partial charge is 0.488 e. The average Bonchev–Trinajstić information content (AvgIpc) is 2.95. The van der Waals surface area contributed by atoms with Crippen molar-refractivity contribution in [2.45, 2.75) is 64.6 Å². The summed E-state index contributed by atoms with van der Waals surface area (Å²) in [4.78, 5) is 41.5. The lowest BCUT2D eigenvalue weighted by atomic mass is 9.88. The molecule has 2 aromatic carbocycles. The van der Waals surface area contributed by atoms with Crippen LogP contribution in [0.15, 0.2) is 42.5 Å². The fraction of sp³-hybridized carbons (Fsp3) is 0.516. The van der Waals surface area contributed by atoms with Gasteiger partial charge < -0.3 is 25.2 Å². The molecule has 0 aromatic heterocycles. The van der Waals surface area contributed by atoms with Crippen molar-refractivity contribution in [3.63, 3.8) is 0 Å². The number of likely N-dealkylation sites (N-methyl/N-ethyl adjacent to an activating group) is 1. The summed E-state index contributed by atoms with van der Waals surface area (Å²) in [5, 5.41) is 22.1. The molecule has 9 nitrogen and oxygen atoms in total. The fourth-order valence-corrected chi connectivity index (χ4v) is 5.56. The number of carbonyl (C=O) groups is 3. The Morgan fingerprint density at radius 2 is 1.82 bits per heavy atom. The number of fused-ring (bicyclic) bond motifs is 1. The first-order valence-corrected chi connectivity index (χ1v) is 14.2. The van der Waals surface area contributed by atoms with Gasteiger partial charge in [-0.1, -0.05) is 38.3 Å². The van der Waals surface area contributed by atoms with Gasteiger partial charge in [0, 0.05) is 37.2 Å². The average molecular weight is 552 g/mol. The predicted octanol–water partition coefficient (Wildman–Crippen LogP) is 4.26. The van der Waals surface area contributed by atoms with Gasteiger partial charge in [0.15, 0.2) is 0 Å². The maximum Gasteiger partial charge on any atom is 0.335 e. The van der Waals surface area contributed by atoms with E-state index < -0.39 is 5.97 Å². The van der Waals surface area contributed by atoms with E-state index in [1.165, 1.54) is 6.42 Å². The number of aliphatic hydroxyl groups is 1. The molecule has 1 aliphatic carbocycles. The molecule has 1 aliphatic heterocycles. The van der Waals surface area contributed by atoms with Gasteiger partial charge in [0.25, 0.3) is 5.91 Å². The molecule has 0 unspecified atom stereocenters. The molecule has 3 atom stereocenters. The highest BCUT2D eigenvalue weighted by Gasteiger charge is 2.34. The number of carboxylic acids is 1. The van der Waals surface area contributed by atoms with Crippen LogP contribution in [0, 0.1) is 11.8 Å². The maximum atomic E-state index is 13.7. The van der Waals surface area contributed by atoms with Crippen molar-refractivity contribution in [3.05, 3.63) is 59.2 Å². The van der Waals surface area contributed by atoms with Crippen molar-refractivity contribution < 1.29 is 29.3 Å². The maximum absolute atomic E-state index is 13.7. The molecular formula is C31H41N3O6. The lowest BCUT2D eigenvalue weighted by molar-refractivity contribution is -0.120. The van der Waals surface area contributed by atoms with Crippen LogP contribution in [0.25, 0.3) is 0 Å². The molecule has 0 bridgehead atoms. The third kappa shape index (κ3) is 7.20. The van der Waals surface area contributed by atoms with Crippen molar-refractivity contribution in [1.82, 2.24) is 9.80 Å². The van der Waals surface area contributed by atoms with Crippen LogP contribution in [0.5, 0.6) is 5.75 Å². The van der Waals surface area contributed by atoms with Gasteiger partial charge >= 0.3 is 5.97 Å². The van der Waals surface area contributed by atoms with E-state index in [4.69, 9.17) is 9.84 Å². The number of carbonyl (C=O) groups excluding carboxylic acids is 2. The Morgan fingerprint density at radius 3 is 2.48 bits per heavy atom. The number of anilines is 1. The Kier molecular flexibility index (Phi) is 9.81. The van der Waals surface area contributed by atoms with E-state index in [2.05, 4.69) is 10.2 Å². The minimum atomic E-state index is -0.955. The quantitative estimate of drug-likeness (QED) is 0.426. The molecule has 0 spiro atoms. The molecule has 1 saturated carbocycles. The lowest BCUT2D eigenvalue weighted by Crippen LogP contribution is -2.49. The third-order valence-electron chi connectivity index (χ3n) is 8.05. The minimum absolute atomic E-state index is 0.00489. The second-order valence-corrected chi connectivity index (χ2v) is 11.4. The molecular weight excluding hydrogens is 510 g/mol. The number of nitrogens with zero attached hydrogens (tertiary/aromatic N) is 2. The number of hydrogen-bond donors (Lipinski definition) is 3. The molecule has 9 heteroatoms. The molecule has 2 amide bonds. The van der Waals surface area contributed by atoms with Gasteiger partial charge in [0.2, 0.25) is 5.91 Å². The summed E-state index contributed by atoms with van der Waals surface area (Å²) in [5.74, 6) is -0.787. The van der Waals surface area contributed by atoms with Crippen LogP contribution >= 0.6 is 0 Å². The molecule has 1 heterocycles. The monoisotopic (exact) mass is 551 g/mol. The smallest absolute Gasteiger partial charge is 0.335 e. The molecule has 4 rings (SSSR count). The van der Waals surface area contributed by atoms with Crippen LogP contribution in [0.2, 0.25) is 0 Å². The topological polar surface area (TPSA) is 119 Å². The zero-order valence-corrected chi connectivity index (χ0v) is 23.6. The zero-order valence-electron chi connectivity index (χ0n) is 23.6.